The van der Waals surface area contributed by atoms with Gasteiger partial charge in [-0.2, -0.15) is 0 Å². The standard InChI is InChI=1S/C24H22N2O2/c1-16-6-3-4-15-26(16)19-11-9-18(10-12-19)20-7-5-8-21(17(20)2)22-13-14-23(27)25-24(22)28/h3-12,15,22H,1,13-14H2,2H3,(H,25,27,28). The molecule has 4 rings (SSSR count). The zero-order valence-corrected chi connectivity index (χ0v) is 15.8. The first kappa shape index (κ1) is 18.0. The molecule has 4 heteroatoms. The van der Waals surface area contributed by atoms with Crippen LogP contribution in [0, 0.1) is 6.92 Å². The van der Waals surface area contributed by atoms with Crippen LogP contribution in [0.25, 0.3) is 11.1 Å². The monoisotopic (exact) mass is 370 g/mol. The van der Waals surface area contributed by atoms with Crippen molar-refractivity contribution in [2.45, 2.75) is 25.7 Å². The Morgan fingerprint density at radius 2 is 1.86 bits per heavy atom. The second-order valence-electron chi connectivity index (χ2n) is 7.13. The second kappa shape index (κ2) is 7.31. The Balaban J connectivity index is 1.64. The lowest BCUT2D eigenvalue weighted by atomic mass is 9.85. The number of carbonyl (C=O) groups is 2. The van der Waals surface area contributed by atoms with Crippen LogP contribution < -0.4 is 10.2 Å². The molecule has 2 aliphatic heterocycles. The van der Waals surface area contributed by atoms with E-state index >= 15 is 0 Å². The molecule has 2 aromatic carbocycles. The van der Waals surface area contributed by atoms with Gasteiger partial charge in [0, 0.05) is 24.0 Å². The highest BCUT2D eigenvalue weighted by molar-refractivity contribution is 6.01. The molecule has 4 nitrogen and oxygen atoms in total. The van der Waals surface area contributed by atoms with Crippen molar-refractivity contribution in [1.82, 2.24) is 5.32 Å². The maximum Gasteiger partial charge on any atom is 0.234 e. The van der Waals surface area contributed by atoms with Gasteiger partial charge in [0.15, 0.2) is 0 Å². The summed E-state index contributed by atoms with van der Waals surface area (Å²) in [6.45, 7) is 6.11. The number of benzene rings is 2. The maximum absolute atomic E-state index is 12.3. The highest BCUT2D eigenvalue weighted by Gasteiger charge is 2.29. The highest BCUT2D eigenvalue weighted by Crippen LogP contribution is 2.34. The lowest BCUT2D eigenvalue weighted by Crippen LogP contribution is -2.39. The second-order valence-corrected chi connectivity index (χ2v) is 7.13. The van der Waals surface area contributed by atoms with E-state index in [1.165, 1.54) is 0 Å². The summed E-state index contributed by atoms with van der Waals surface area (Å²) in [5, 5.41) is 2.46. The minimum atomic E-state index is -0.273. The SMILES string of the molecule is C=C1C=CC=CN1c1ccc(-c2cccc(C3CCC(=O)NC3=O)c2C)cc1. The van der Waals surface area contributed by atoms with Crippen molar-refractivity contribution in [2.75, 3.05) is 4.90 Å². The Morgan fingerprint density at radius 1 is 1.07 bits per heavy atom. The number of piperidine rings is 1. The van der Waals surface area contributed by atoms with Crippen LogP contribution in [0.2, 0.25) is 0 Å². The van der Waals surface area contributed by atoms with Crippen molar-refractivity contribution in [1.29, 1.82) is 0 Å². The number of hydrogen-bond acceptors (Lipinski definition) is 3. The Hall–Kier alpha value is -3.40. The molecule has 0 aromatic heterocycles. The van der Waals surface area contributed by atoms with Crippen molar-refractivity contribution in [3.63, 3.8) is 0 Å². The quantitative estimate of drug-likeness (QED) is 0.804. The summed E-state index contributed by atoms with van der Waals surface area (Å²) in [5.41, 5.74) is 6.23. The average Bonchev–Trinajstić information content (AvgIpc) is 2.69. The first-order valence-corrected chi connectivity index (χ1v) is 9.41. The lowest BCUT2D eigenvalue weighted by molar-refractivity contribution is -0.134. The summed E-state index contributed by atoms with van der Waals surface area (Å²) in [4.78, 5) is 25.8. The summed E-state index contributed by atoms with van der Waals surface area (Å²) in [6.07, 6.45) is 8.86. The van der Waals surface area contributed by atoms with Crippen molar-refractivity contribution < 1.29 is 9.59 Å². The first-order chi connectivity index (χ1) is 13.5. The van der Waals surface area contributed by atoms with Gasteiger partial charge >= 0.3 is 0 Å². The number of rotatable bonds is 3. The van der Waals surface area contributed by atoms with Gasteiger partial charge in [0.05, 0.1) is 5.92 Å². The van der Waals surface area contributed by atoms with Crippen LogP contribution in [0.4, 0.5) is 5.69 Å². The summed E-state index contributed by atoms with van der Waals surface area (Å²) in [6, 6.07) is 14.4. The minimum absolute atomic E-state index is 0.186. The van der Waals surface area contributed by atoms with E-state index < -0.39 is 0 Å². The zero-order valence-electron chi connectivity index (χ0n) is 15.8. The molecule has 2 heterocycles. The van der Waals surface area contributed by atoms with Gasteiger partial charge in [0.25, 0.3) is 0 Å². The van der Waals surface area contributed by atoms with E-state index in [0.29, 0.717) is 12.8 Å². The Bertz CT molecular complexity index is 1020. The Kier molecular flexibility index (Phi) is 4.70. The van der Waals surface area contributed by atoms with E-state index in [4.69, 9.17) is 0 Å². The van der Waals surface area contributed by atoms with E-state index in [1.807, 2.05) is 48.4 Å². The lowest BCUT2D eigenvalue weighted by Gasteiger charge is -2.24. The largest absolute Gasteiger partial charge is 0.318 e. The summed E-state index contributed by atoms with van der Waals surface area (Å²) in [5.74, 6) is -0.658. The van der Waals surface area contributed by atoms with Crippen LogP contribution in [0.15, 0.2) is 79.2 Å². The molecule has 1 N–H and O–H groups in total. The number of hydrogen-bond donors (Lipinski definition) is 1. The third-order valence-electron chi connectivity index (χ3n) is 5.39. The zero-order chi connectivity index (χ0) is 19.7. The molecule has 2 amide bonds. The molecule has 2 aliphatic rings. The third-order valence-corrected chi connectivity index (χ3v) is 5.39. The molecular formula is C24H22N2O2. The van der Waals surface area contributed by atoms with Gasteiger partial charge in [-0.15, -0.1) is 0 Å². The van der Waals surface area contributed by atoms with Gasteiger partial charge in [0.1, 0.15) is 0 Å². The molecule has 1 atom stereocenters. The van der Waals surface area contributed by atoms with Crippen molar-refractivity contribution in [3.05, 3.63) is 90.3 Å². The highest BCUT2D eigenvalue weighted by atomic mass is 16.2. The van der Waals surface area contributed by atoms with Gasteiger partial charge < -0.3 is 4.90 Å². The van der Waals surface area contributed by atoms with Crippen LogP contribution in [-0.2, 0) is 9.59 Å². The molecule has 0 bridgehead atoms. The fourth-order valence-corrected chi connectivity index (χ4v) is 3.87. The molecular weight excluding hydrogens is 348 g/mol. The number of nitrogens with one attached hydrogen (secondary N) is 1. The number of carbonyl (C=O) groups excluding carboxylic acids is 2. The van der Waals surface area contributed by atoms with Gasteiger partial charge in [-0.25, -0.2) is 0 Å². The van der Waals surface area contributed by atoms with Crippen LogP contribution >= 0.6 is 0 Å². The molecule has 28 heavy (non-hydrogen) atoms. The molecule has 0 radical (unpaired) electrons. The van der Waals surface area contributed by atoms with Crippen molar-refractivity contribution in [3.8, 4) is 11.1 Å². The number of anilines is 1. The predicted molar refractivity (Wildman–Crippen MR) is 112 cm³/mol. The smallest absolute Gasteiger partial charge is 0.234 e. The van der Waals surface area contributed by atoms with E-state index in [-0.39, 0.29) is 17.7 Å². The van der Waals surface area contributed by atoms with Gasteiger partial charge in [-0.05, 0) is 59.9 Å². The molecule has 1 saturated heterocycles. The Labute approximate surface area is 164 Å². The first-order valence-electron chi connectivity index (χ1n) is 9.41. The van der Waals surface area contributed by atoms with E-state index in [1.54, 1.807) is 0 Å². The van der Waals surface area contributed by atoms with Crippen molar-refractivity contribution in [2.24, 2.45) is 0 Å². The number of imide groups is 1. The number of nitrogens with zero attached hydrogens (tertiary/aromatic N) is 1. The van der Waals surface area contributed by atoms with Gasteiger partial charge in [-0.3, -0.25) is 14.9 Å². The topological polar surface area (TPSA) is 49.4 Å². The molecule has 0 spiro atoms. The van der Waals surface area contributed by atoms with E-state index in [9.17, 15) is 9.59 Å². The van der Waals surface area contributed by atoms with Crippen molar-refractivity contribution >= 4 is 17.5 Å². The summed E-state index contributed by atoms with van der Waals surface area (Å²) in [7, 11) is 0. The van der Waals surface area contributed by atoms with Crippen LogP contribution in [0.3, 0.4) is 0 Å². The van der Waals surface area contributed by atoms with Crippen LogP contribution in [-0.4, -0.2) is 11.8 Å². The molecule has 1 unspecified atom stereocenters. The van der Waals surface area contributed by atoms with Crippen LogP contribution in [0.5, 0.6) is 0 Å². The molecule has 1 fully saturated rings. The molecule has 2 aromatic rings. The summed E-state index contributed by atoms with van der Waals surface area (Å²) >= 11 is 0. The van der Waals surface area contributed by atoms with E-state index in [0.717, 1.165) is 33.6 Å². The number of allylic oxidation sites excluding steroid dienone is 3. The molecule has 0 saturated carbocycles. The maximum atomic E-state index is 12.3. The number of amides is 2. The summed E-state index contributed by atoms with van der Waals surface area (Å²) < 4.78 is 0. The Morgan fingerprint density at radius 3 is 2.57 bits per heavy atom. The van der Waals surface area contributed by atoms with E-state index in [2.05, 4.69) is 42.2 Å². The normalized spacial score (nSPS) is 19.1. The fourth-order valence-electron chi connectivity index (χ4n) is 3.87. The molecule has 140 valence electrons. The predicted octanol–water partition coefficient (Wildman–Crippen LogP) is 4.59. The average molecular weight is 370 g/mol. The fraction of sp³-hybridized carbons (Fsp3) is 0.167. The molecule has 0 aliphatic carbocycles. The minimum Gasteiger partial charge on any atom is -0.318 e. The van der Waals surface area contributed by atoms with Gasteiger partial charge in [-0.1, -0.05) is 43.0 Å². The third kappa shape index (κ3) is 3.29. The van der Waals surface area contributed by atoms with Gasteiger partial charge in [0.2, 0.25) is 11.8 Å². The van der Waals surface area contributed by atoms with Crippen LogP contribution in [0.1, 0.15) is 29.9 Å².